The van der Waals surface area contributed by atoms with E-state index in [0.29, 0.717) is 28.9 Å². The van der Waals surface area contributed by atoms with E-state index in [-0.39, 0.29) is 25.3 Å². The van der Waals surface area contributed by atoms with Gasteiger partial charge in [-0.15, -0.1) is 0 Å². The molecule has 0 saturated carbocycles. The highest BCUT2D eigenvalue weighted by Crippen LogP contribution is 2.24. The molecule has 0 aliphatic rings. The molecule has 24 heavy (non-hydrogen) atoms. The van der Waals surface area contributed by atoms with Gasteiger partial charge in [0.15, 0.2) is 0 Å². The molecule has 0 atom stereocenters. The second kappa shape index (κ2) is 7.63. The van der Waals surface area contributed by atoms with Crippen LogP contribution in [0.1, 0.15) is 24.0 Å². The Labute approximate surface area is 138 Å². The number of nitrogens with one attached hydrogen (secondary N) is 1. The maximum atomic E-state index is 12.1. The molecule has 0 aliphatic carbocycles. The van der Waals surface area contributed by atoms with Gasteiger partial charge in [-0.25, -0.2) is 4.79 Å². The molecule has 1 heterocycles. The van der Waals surface area contributed by atoms with Crippen molar-refractivity contribution < 1.29 is 23.8 Å². The Morgan fingerprint density at radius 3 is 2.75 bits per heavy atom. The molecule has 2 N–H and O–H groups in total. The lowest BCUT2D eigenvalue weighted by Gasteiger charge is -2.09. The first-order valence-corrected chi connectivity index (χ1v) is 7.51. The molecule has 1 aromatic heterocycles. The predicted molar refractivity (Wildman–Crippen MR) is 87.4 cm³/mol. The number of rotatable bonds is 7. The highest BCUT2D eigenvalue weighted by molar-refractivity contribution is 5.85. The first kappa shape index (κ1) is 17.5. The van der Waals surface area contributed by atoms with E-state index in [1.165, 1.54) is 7.11 Å². The lowest BCUT2D eigenvalue weighted by Crippen LogP contribution is -2.28. The van der Waals surface area contributed by atoms with Gasteiger partial charge in [0.1, 0.15) is 11.3 Å². The van der Waals surface area contributed by atoms with Crippen molar-refractivity contribution in [1.29, 1.82) is 0 Å². The SMILES string of the molecule is COc1ccc2c(C)c(CC(=O)NCCCC(=O)O)c(=O)oc2c1. The van der Waals surface area contributed by atoms with Crippen LogP contribution >= 0.6 is 0 Å². The van der Waals surface area contributed by atoms with E-state index in [9.17, 15) is 14.4 Å². The van der Waals surface area contributed by atoms with Gasteiger partial charge in [-0.2, -0.15) is 0 Å². The number of methoxy groups -OCH3 is 1. The maximum absolute atomic E-state index is 12.1. The fourth-order valence-corrected chi connectivity index (χ4v) is 2.40. The summed E-state index contributed by atoms with van der Waals surface area (Å²) in [5.41, 5.74) is 0.824. The zero-order valence-corrected chi connectivity index (χ0v) is 13.5. The molecule has 128 valence electrons. The fourth-order valence-electron chi connectivity index (χ4n) is 2.40. The fraction of sp³-hybridized carbons (Fsp3) is 0.353. The third-order valence-corrected chi connectivity index (χ3v) is 3.72. The predicted octanol–water partition coefficient (Wildman–Crippen LogP) is 1.63. The highest BCUT2D eigenvalue weighted by Gasteiger charge is 2.15. The molecule has 2 rings (SSSR count). The van der Waals surface area contributed by atoms with Crippen LogP contribution in [0.2, 0.25) is 0 Å². The van der Waals surface area contributed by atoms with Crippen LogP contribution in [0.4, 0.5) is 0 Å². The number of amides is 1. The third-order valence-electron chi connectivity index (χ3n) is 3.72. The Morgan fingerprint density at radius 1 is 1.33 bits per heavy atom. The second-order valence-electron chi connectivity index (χ2n) is 5.38. The number of hydrogen-bond acceptors (Lipinski definition) is 5. The number of aliphatic carboxylic acids is 1. The Kier molecular flexibility index (Phi) is 5.57. The van der Waals surface area contributed by atoms with Gasteiger partial charge >= 0.3 is 11.6 Å². The van der Waals surface area contributed by atoms with Crippen LogP contribution in [-0.4, -0.2) is 30.6 Å². The highest BCUT2D eigenvalue weighted by atomic mass is 16.5. The summed E-state index contributed by atoms with van der Waals surface area (Å²) >= 11 is 0. The Bertz CT molecular complexity index is 824. The van der Waals surface area contributed by atoms with E-state index in [1.54, 1.807) is 25.1 Å². The largest absolute Gasteiger partial charge is 0.497 e. The molecule has 1 amide bonds. The molecule has 7 heteroatoms. The van der Waals surface area contributed by atoms with Crippen molar-refractivity contribution in [2.75, 3.05) is 13.7 Å². The quantitative estimate of drug-likeness (QED) is 0.589. The smallest absolute Gasteiger partial charge is 0.340 e. The minimum atomic E-state index is -0.911. The lowest BCUT2D eigenvalue weighted by molar-refractivity contribution is -0.137. The van der Waals surface area contributed by atoms with Gasteiger partial charge < -0.3 is 19.6 Å². The normalized spacial score (nSPS) is 10.6. The van der Waals surface area contributed by atoms with Crippen LogP contribution in [-0.2, 0) is 16.0 Å². The number of fused-ring (bicyclic) bond motifs is 1. The van der Waals surface area contributed by atoms with Crippen molar-refractivity contribution in [3.05, 3.63) is 39.7 Å². The van der Waals surface area contributed by atoms with E-state index in [1.807, 2.05) is 0 Å². The van der Waals surface area contributed by atoms with Crippen molar-refractivity contribution >= 4 is 22.8 Å². The van der Waals surface area contributed by atoms with E-state index >= 15 is 0 Å². The molecule has 0 fully saturated rings. The van der Waals surface area contributed by atoms with Gasteiger partial charge in [0.05, 0.1) is 19.1 Å². The average Bonchev–Trinajstić information content (AvgIpc) is 2.54. The van der Waals surface area contributed by atoms with Gasteiger partial charge in [-0.05, 0) is 31.0 Å². The summed E-state index contributed by atoms with van der Waals surface area (Å²) in [6, 6.07) is 5.16. The molecule has 2 aromatic rings. The summed E-state index contributed by atoms with van der Waals surface area (Å²) < 4.78 is 10.4. The molecule has 1 aromatic carbocycles. The molecule has 0 saturated heterocycles. The lowest BCUT2D eigenvalue weighted by atomic mass is 10.0. The number of ether oxygens (including phenoxy) is 1. The molecule has 0 aliphatic heterocycles. The molecule has 0 spiro atoms. The molecule has 0 bridgehead atoms. The van der Waals surface area contributed by atoms with Gasteiger partial charge in [0.25, 0.3) is 0 Å². The number of aryl methyl sites for hydroxylation is 1. The summed E-state index contributed by atoms with van der Waals surface area (Å²) in [6.07, 6.45) is 0.217. The maximum Gasteiger partial charge on any atom is 0.340 e. The molecular formula is C17H19NO6. The molecule has 7 nitrogen and oxygen atoms in total. The number of hydrogen-bond donors (Lipinski definition) is 2. The van der Waals surface area contributed by atoms with Crippen molar-refractivity contribution in [3.63, 3.8) is 0 Å². The standard InChI is InChI=1S/C17H19NO6/c1-10-12-6-5-11(23-2)8-14(12)24-17(22)13(10)9-15(19)18-7-3-4-16(20)21/h5-6,8H,3-4,7,9H2,1-2H3,(H,18,19)(H,20,21). The summed E-state index contributed by atoms with van der Waals surface area (Å²) in [6.45, 7) is 2.01. The number of carboxylic acids is 1. The first-order chi connectivity index (χ1) is 11.4. The van der Waals surface area contributed by atoms with Gasteiger partial charge in [0, 0.05) is 24.4 Å². The summed E-state index contributed by atoms with van der Waals surface area (Å²) in [5.74, 6) is -0.677. The zero-order valence-electron chi connectivity index (χ0n) is 13.5. The Hall–Kier alpha value is -2.83. The number of carbonyl (C=O) groups is 2. The van der Waals surface area contributed by atoms with Crippen LogP contribution in [0.25, 0.3) is 11.0 Å². The van der Waals surface area contributed by atoms with Crippen molar-refractivity contribution in [2.24, 2.45) is 0 Å². The zero-order chi connectivity index (χ0) is 17.7. The monoisotopic (exact) mass is 333 g/mol. The van der Waals surface area contributed by atoms with Crippen LogP contribution in [0, 0.1) is 6.92 Å². The van der Waals surface area contributed by atoms with Crippen molar-refractivity contribution in [2.45, 2.75) is 26.2 Å². The van der Waals surface area contributed by atoms with Crippen LogP contribution in [0.15, 0.2) is 27.4 Å². The summed E-state index contributed by atoms with van der Waals surface area (Å²) in [7, 11) is 1.52. The van der Waals surface area contributed by atoms with E-state index in [4.69, 9.17) is 14.3 Å². The first-order valence-electron chi connectivity index (χ1n) is 7.51. The molecule has 0 unspecified atom stereocenters. The number of carboxylic acid groups (broad SMARTS) is 1. The van der Waals surface area contributed by atoms with Crippen LogP contribution in [0.5, 0.6) is 5.75 Å². The third kappa shape index (κ3) is 4.13. The van der Waals surface area contributed by atoms with Crippen molar-refractivity contribution in [3.8, 4) is 5.75 Å². The van der Waals surface area contributed by atoms with Crippen LogP contribution in [0.3, 0.4) is 0 Å². The van der Waals surface area contributed by atoms with Gasteiger partial charge in [-0.3, -0.25) is 9.59 Å². The van der Waals surface area contributed by atoms with Gasteiger partial charge in [-0.1, -0.05) is 0 Å². The minimum Gasteiger partial charge on any atom is -0.497 e. The number of benzene rings is 1. The Balaban J connectivity index is 2.15. The topological polar surface area (TPSA) is 106 Å². The number of carbonyl (C=O) groups excluding carboxylic acids is 1. The molecular weight excluding hydrogens is 314 g/mol. The average molecular weight is 333 g/mol. The van der Waals surface area contributed by atoms with E-state index in [2.05, 4.69) is 5.32 Å². The second-order valence-corrected chi connectivity index (χ2v) is 5.38. The molecule has 0 radical (unpaired) electrons. The van der Waals surface area contributed by atoms with Crippen LogP contribution < -0.4 is 15.7 Å². The van der Waals surface area contributed by atoms with Crippen molar-refractivity contribution in [1.82, 2.24) is 5.32 Å². The summed E-state index contributed by atoms with van der Waals surface area (Å²) in [5, 5.41) is 11.9. The van der Waals surface area contributed by atoms with E-state index < -0.39 is 11.6 Å². The van der Waals surface area contributed by atoms with E-state index in [0.717, 1.165) is 5.39 Å². The Morgan fingerprint density at radius 2 is 2.08 bits per heavy atom. The minimum absolute atomic E-state index is 0.0146. The summed E-state index contributed by atoms with van der Waals surface area (Å²) in [4.78, 5) is 34.5. The van der Waals surface area contributed by atoms with Gasteiger partial charge in [0.2, 0.25) is 5.91 Å².